The minimum atomic E-state index is 0.781. The van der Waals surface area contributed by atoms with Crippen LogP contribution >= 0.6 is 11.3 Å². The normalized spacial score (nSPS) is 14.9. The van der Waals surface area contributed by atoms with Crippen LogP contribution in [0.3, 0.4) is 0 Å². The Morgan fingerprint density at radius 3 is 2.87 bits per heavy atom. The monoisotopic (exact) mass is 216 g/mol. The Morgan fingerprint density at radius 2 is 2.00 bits per heavy atom. The highest BCUT2D eigenvalue weighted by Gasteiger charge is 2.16. The molecule has 1 aromatic carbocycles. The zero-order valence-electron chi connectivity index (χ0n) is 8.40. The molecule has 76 valence electrons. The van der Waals surface area contributed by atoms with Crippen molar-refractivity contribution < 1.29 is 4.74 Å². The van der Waals surface area contributed by atoms with E-state index in [9.17, 15) is 0 Å². The lowest BCUT2D eigenvalue weighted by atomic mass is 10.0. The van der Waals surface area contributed by atoms with Crippen LogP contribution in [0.2, 0.25) is 0 Å². The number of hydrogen-bond donors (Lipinski definition) is 0. The summed E-state index contributed by atoms with van der Waals surface area (Å²) >= 11 is 1.84. The van der Waals surface area contributed by atoms with E-state index in [0.29, 0.717) is 0 Å². The molecule has 1 nitrogen and oxygen atoms in total. The third-order valence-electron chi connectivity index (χ3n) is 2.78. The molecule has 3 rings (SSSR count). The summed E-state index contributed by atoms with van der Waals surface area (Å²) in [7, 11) is 0. The number of fused-ring (bicyclic) bond motifs is 1. The smallest absolute Gasteiger partial charge is 0.0733 e. The van der Waals surface area contributed by atoms with Crippen molar-refractivity contribution >= 4 is 11.3 Å². The van der Waals surface area contributed by atoms with Gasteiger partial charge in [-0.3, -0.25) is 0 Å². The molecular formula is C13H12OS. The van der Waals surface area contributed by atoms with E-state index in [4.69, 9.17) is 4.74 Å². The molecule has 0 radical (unpaired) electrons. The maximum absolute atomic E-state index is 5.52. The molecule has 0 spiro atoms. The van der Waals surface area contributed by atoms with E-state index in [1.807, 2.05) is 11.3 Å². The van der Waals surface area contributed by atoms with Crippen molar-refractivity contribution in [3.63, 3.8) is 0 Å². The number of hydrogen-bond acceptors (Lipinski definition) is 2. The van der Waals surface area contributed by atoms with Crippen LogP contribution in [-0.4, -0.2) is 6.61 Å². The van der Waals surface area contributed by atoms with Crippen LogP contribution in [0.1, 0.15) is 11.1 Å². The van der Waals surface area contributed by atoms with Gasteiger partial charge in [0.25, 0.3) is 0 Å². The quantitative estimate of drug-likeness (QED) is 0.709. The highest BCUT2D eigenvalue weighted by molar-refractivity contribution is 7.14. The van der Waals surface area contributed by atoms with Gasteiger partial charge in [0.2, 0.25) is 0 Å². The predicted molar refractivity (Wildman–Crippen MR) is 63.1 cm³/mol. The summed E-state index contributed by atoms with van der Waals surface area (Å²) in [6, 6.07) is 10.6. The van der Waals surface area contributed by atoms with E-state index < -0.39 is 0 Å². The van der Waals surface area contributed by atoms with Gasteiger partial charge in [-0.05, 0) is 28.5 Å². The van der Waals surface area contributed by atoms with Crippen LogP contribution in [0.5, 0.6) is 0 Å². The molecule has 1 aliphatic rings. The van der Waals surface area contributed by atoms with Gasteiger partial charge in [0.15, 0.2) is 0 Å². The molecule has 0 atom stereocenters. The van der Waals surface area contributed by atoms with E-state index >= 15 is 0 Å². The van der Waals surface area contributed by atoms with Gasteiger partial charge in [0.1, 0.15) is 0 Å². The number of benzene rings is 1. The highest BCUT2D eigenvalue weighted by Crippen LogP contribution is 2.35. The molecular weight excluding hydrogens is 204 g/mol. The first-order valence-electron chi connectivity index (χ1n) is 5.17. The molecule has 2 aromatic rings. The van der Waals surface area contributed by atoms with Crippen LogP contribution < -0.4 is 0 Å². The van der Waals surface area contributed by atoms with Gasteiger partial charge in [0, 0.05) is 4.88 Å². The second-order valence-corrected chi connectivity index (χ2v) is 4.62. The standard InChI is InChI=1S/C13H12OS/c1-2-4-10(5-3-1)13-12-8-14-7-6-11(12)9-15-13/h1-5,9H,6-8H2. The first-order valence-corrected chi connectivity index (χ1v) is 6.05. The fourth-order valence-electron chi connectivity index (χ4n) is 1.97. The van der Waals surface area contributed by atoms with Crippen molar-refractivity contribution in [1.29, 1.82) is 0 Å². The average Bonchev–Trinajstić information content (AvgIpc) is 2.74. The third-order valence-corrected chi connectivity index (χ3v) is 3.90. The molecule has 0 N–H and O–H groups in total. The maximum atomic E-state index is 5.52. The Hall–Kier alpha value is -1.12. The molecule has 0 saturated heterocycles. The molecule has 0 unspecified atom stereocenters. The molecule has 0 amide bonds. The van der Waals surface area contributed by atoms with Crippen molar-refractivity contribution in [2.75, 3.05) is 6.61 Å². The highest BCUT2D eigenvalue weighted by atomic mass is 32.1. The first-order chi connectivity index (χ1) is 7.45. The second-order valence-electron chi connectivity index (χ2n) is 3.74. The van der Waals surface area contributed by atoms with Crippen LogP contribution in [0.4, 0.5) is 0 Å². The molecule has 15 heavy (non-hydrogen) atoms. The Morgan fingerprint density at radius 1 is 1.13 bits per heavy atom. The van der Waals surface area contributed by atoms with Gasteiger partial charge in [0.05, 0.1) is 13.2 Å². The Bertz CT molecular complexity index is 459. The van der Waals surface area contributed by atoms with Crippen molar-refractivity contribution in [1.82, 2.24) is 0 Å². The summed E-state index contributed by atoms with van der Waals surface area (Å²) in [6.45, 7) is 1.65. The lowest BCUT2D eigenvalue weighted by molar-refractivity contribution is 0.111. The lowest BCUT2D eigenvalue weighted by Crippen LogP contribution is -2.07. The minimum Gasteiger partial charge on any atom is -0.376 e. The molecule has 1 aliphatic heterocycles. The van der Waals surface area contributed by atoms with Crippen LogP contribution in [0, 0.1) is 0 Å². The molecule has 0 bridgehead atoms. The summed E-state index contributed by atoms with van der Waals surface area (Å²) in [6.07, 6.45) is 1.07. The predicted octanol–water partition coefficient (Wildman–Crippen LogP) is 3.49. The third kappa shape index (κ3) is 1.60. The maximum Gasteiger partial charge on any atom is 0.0733 e. The van der Waals surface area contributed by atoms with Gasteiger partial charge in [-0.2, -0.15) is 0 Å². The van der Waals surface area contributed by atoms with Crippen molar-refractivity contribution in [3.8, 4) is 10.4 Å². The van der Waals surface area contributed by atoms with Crippen molar-refractivity contribution in [2.45, 2.75) is 13.0 Å². The van der Waals surface area contributed by atoms with Crippen molar-refractivity contribution in [2.24, 2.45) is 0 Å². The van der Waals surface area contributed by atoms with E-state index in [1.54, 1.807) is 0 Å². The Balaban J connectivity index is 2.09. The fraction of sp³-hybridized carbons (Fsp3) is 0.231. The van der Waals surface area contributed by atoms with Crippen LogP contribution in [0.15, 0.2) is 35.7 Å². The van der Waals surface area contributed by atoms with Gasteiger partial charge in [-0.15, -0.1) is 11.3 Å². The largest absolute Gasteiger partial charge is 0.376 e. The van der Waals surface area contributed by atoms with E-state index in [-0.39, 0.29) is 0 Å². The van der Waals surface area contributed by atoms with Crippen LogP contribution in [0.25, 0.3) is 10.4 Å². The Kier molecular flexibility index (Phi) is 2.31. The Labute approximate surface area is 93.3 Å². The van der Waals surface area contributed by atoms with Gasteiger partial charge >= 0.3 is 0 Å². The average molecular weight is 216 g/mol. The van der Waals surface area contributed by atoms with E-state index in [2.05, 4.69) is 35.7 Å². The van der Waals surface area contributed by atoms with Crippen molar-refractivity contribution in [3.05, 3.63) is 46.8 Å². The van der Waals surface area contributed by atoms with Gasteiger partial charge in [-0.25, -0.2) is 0 Å². The zero-order valence-corrected chi connectivity index (χ0v) is 9.22. The summed E-state index contributed by atoms with van der Waals surface area (Å²) in [4.78, 5) is 1.38. The second kappa shape index (κ2) is 3.80. The topological polar surface area (TPSA) is 9.23 Å². The summed E-state index contributed by atoms with van der Waals surface area (Å²) in [5.41, 5.74) is 4.19. The fourth-order valence-corrected chi connectivity index (χ4v) is 3.10. The van der Waals surface area contributed by atoms with Gasteiger partial charge in [-0.1, -0.05) is 30.3 Å². The SMILES string of the molecule is c1ccc(-c2scc3c2COCC3)cc1. The number of rotatable bonds is 1. The number of ether oxygens (including phenoxy) is 1. The number of thiophene rings is 1. The van der Waals surface area contributed by atoms with E-state index in [1.165, 1.54) is 21.6 Å². The molecule has 2 heteroatoms. The molecule has 0 fully saturated rings. The summed E-state index contributed by atoms with van der Waals surface area (Å²) in [5.74, 6) is 0. The van der Waals surface area contributed by atoms with Crippen LogP contribution in [-0.2, 0) is 17.8 Å². The molecule has 2 heterocycles. The van der Waals surface area contributed by atoms with Gasteiger partial charge < -0.3 is 4.74 Å². The lowest BCUT2D eigenvalue weighted by Gasteiger charge is -2.13. The minimum absolute atomic E-state index is 0.781. The summed E-state index contributed by atoms with van der Waals surface area (Å²) < 4.78 is 5.52. The zero-order chi connectivity index (χ0) is 10.1. The van der Waals surface area contributed by atoms with E-state index in [0.717, 1.165) is 19.6 Å². The summed E-state index contributed by atoms with van der Waals surface area (Å²) in [5, 5.41) is 2.28. The first kappa shape index (κ1) is 9.13. The molecule has 0 saturated carbocycles. The molecule has 0 aliphatic carbocycles. The molecule has 1 aromatic heterocycles.